The number of halogens is 1. The summed E-state index contributed by atoms with van der Waals surface area (Å²) in [5.41, 5.74) is 0.664. The Balaban J connectivity index is 1.29. The Morgan fingerprint density at radius 2 is 1.93 bits per heavy atom. The van der Waals surface area contributed by atoms with E-state index in [0.29, 0.717) is 48.3 Å². The second kappa shape index (κ2) is 11.5. The van der Waals surface area contributed by atoms with E-state index in [1.54, 1.807) is 19.4 Å². The molecule has 2 aromatic heterocycles. The lowest BCUT2D eigenvalue weighted by atomic mass is 10.0. The molecule has 3 aliphatic rings. The smallest absolute Gasteiger partial charge is 0.319 e. The number of aromatic nitrogens is 3. The van der Waals surface area contributed by atoms with Gasteiger partial charge in [0.05, 0.1) is 11.5 Å². The second-order valence-electron chi connectivity index (χ2n) is 11.5. The standard InChI is InChI=1S/C31H33FN6O5/c1-41-23-9-21(38(14-23)16-42-17-39)15-43-31-35-29-26(30(36-31)37-12-19-6-7-20(13-37)34-19)11-33-28(27(29)32)25-10-22(40)8-18-4-2-3-5-24(18)25/h2-5,8,10-11,17,19-21,23,34,40H,6-7,9,12-16H2,1H3/t19?,20?,21-,23+/m0/s1. The highest BCUT2D eigenvalue weighted by Crippen LogP contribution is 2.37. The molecule has 2 bridgehead atoms. The number of phenols is 1. The zero-order chi connectivity index (χ0) is 29.5. The molecule has 0 aliphatic carbocycles. The molecule has 2 aromatic carbocycles. The number of piperazine rings is 1. The molecule has 0 radical (unpaired) electrons. The number of carbonyl (C=O) groups is 1. The van der Waals surface area contributed by atoms with E-state index in [-0.39, 0.29) is 48.5 Å². The number of hydrogen-bond donors (Lipinski definition) is 2. The first-order chi connectivity index (χ1) is 21.0. The third-order valence-electron chi connectivity index (χ3n) is 8.80. The summed E-state index contributed by atoms with van der Waals surface area (Å²) in [6, 6.07) is 11.3. The summed E-state index contributed by atoms with van der Waals surface area (Å²) in [7, 11) is 1.65. The van der Waals surface area contributed by atoms with Gasteiger partial charge in [0, 0.05) is 56.6 Å². The molecule has 0 saturated carbocycles. The lowest BCUT2D eigenvalue weighted by Crippen LogP contribution is -2.51. The zero-order valence-electron chi connectivity index (χ0n) is 23.8. The quantitative estimate of drug-likeness (QED) is 0.280. The van der Waals surface area contributed by atoms with Crippen LogP contribution in [0.15, 0.2) is 42.6 Å². The Morgan fingerprint density at radius 3 is 2.72 bits per heavy atom. The van der Waals surface area contributed by atoms with E-state index in [0.717, 1.165) is 36.7 Å². The number of benzene rings is 2. The van der Waals surface area contributed by atoms with Crippen molar-refractivity contribution in [2.75, 3.05) is 45.0 Å². The number of hydrogen-bond acceptors (Lipinski definition) is 11. The Kier molecular flexibility index (Phi) is 7.41. The molecule has 3 fully saturated rings. The van der Waals surface area contributed by atoms with E-state index < -0.39 is 5.82 Å². The van der Waals surface area contributed by atoms with Crippen molar-refractivity contribution in [1.29, 1.82) is 0 Å². The number of methoxy groups -OCH3 is 1. The van der Waals surface area contributed by atoms with E-state index in [1.165, 1.54) is 6.07 Å². The number of fused-ring (bicyclic) bond motifs is 4. The Bertz CT molecular complexity index is 1660. The molecule has 3 aliphatic heterocycles. The summed E-state index contributed by atoms with van der Waals surface area (Å²) >= 11 is 0. The van der Waals surface area contributed by atoms with Gasteiger partial charge in [-0.1, -0.05) is 24.3 Å². The number of aromatic hydroxyl groups is 1. The predicted octanol–water partition coefficient (Wildman–Crippen LogP) is 3.23. The van der Waals surface area contributed by atoms with E-state index in [2.05, 4.69) is 20.2 Å². The van der Waals surface area contributed by atoms with Gasteiger partial charge in [0.15, 0.2) is 5.82 Å². The van der Waals surface area contributed by atoms with Crippen LogP contribution in [-0.4, -0.2) is 95.7 Å². The Morgan fingerprint density at radius 1 is 1.12 bits per heavy atom. The van der Waals surface area contributed by atoms with E-state index in [1.807, 2.05) is 29.2 Å². The van der Waals surface area contributed by atoms with Crippen LogP contribution in [0.4, 0.5) is 10.2 Å². The molecule has 3 saturated heterocycles. The van der Waals surface area contributed by atoms with Crippen LogP contribution in [0.2, 0.25) is 0 Å². The highest BCUT2D eigenvalue weighted by Gasteiger charge is 2.35. The van der Waals surface area contributed by atoms with Crippen LogP contribution >= 0.6 is 0 Å². The van der Waals surface area contributed by atoms with Crippen LogP contribution in [0.3, 0.4) is 0 Å². The van der Waals surface area contributed by atoms with Gasteiger partial charge in [-0.3, -0.25) is 14.7 Å². The van der Waals surface area contributed by atoms with Crippen LogP contribution in [0.1, 0.15) is 19.3 Å². The third-order valence-corrected chi connectivity index (χ3v) is 8.80. The first-order valence-corrected chi connectivity index (χ1v) is 14.5. The van der Waals surface area contributed by atoms with Gasteiger partial charge in [-0.05, 0) is 42.2 Å². The van der Waals surface area contributed by atoms with Crippen LogP contribution in [0.5, 0.6) is 11.8 Å². The number of nitrogens with zero attached hydrogens (tertiary/aromatic N) is 5. The molecule has 0 spiro atoms. The fourth-order valence-corrected chi connectivity index (χ4v) is 6.71. The number of rotatable bonds is 9. The van der Waals surface area contributed by atoms with Gasteiger partial charge < -0.3 is 29.5 Å². The largest absolute Gasteiger partial charge is 0.508 e. The fraction of sp³-hybridized carbons (Fsp3) is 0.419. The van der Waals surface area contributed by atoms with E-state index >= 15 is 4.39 Å². The molecule has 2 N–H and O–H groups in total. The minimum Gasteiger partial charge on any atom is -0.508 e. The molecule has 224 valence electrons. The van der Waals surface area contributed by atoms with Crippen LogP contribution in [0, 0.1) is 5.82 Å². The number of pyridine rings is 1. The summed E-state index contributed by atoms with van der Waals surface area (Å²) in [5.74, 6) is -0.00615. The monoisotopic (exact) mass is 588 g/mol. The number of carbonyl (C=O) groups excluding carboxylic acids is 1. The number of phenolic OH excluding ortho intramolecular Hbond substituents is 1. The van der Waals surface area contributed by atoms with Crippen molar-refractivity contribution in [2.24, 2.45) is 0 Å². The minimum atomic E-state index is -0.610. The molecule has 11 nitrogen and oxygen atoms in total. The molecule has 2 unspecified atom stereocenters. The third kappa shape index (κ3) is 5.30. The van der Waals surface area contributed by atoms with Gasteiger partial charge >= 0.3 is 6.01 Å². The summed E-state index contributed by atoms with van der Waals surface area (Å²) in [6.45, 7) is 2.80. The van der Waals surface area contributed by atoms with E-state index in [9.17, 15) is 9.90 Å². The molecule has 0 amide bonds. The predicted molar refractivity (Wildman–Crippen MR) is 157 cm³/mol. The average molecular weight is 589 g/mol. The van der Waals surface area contributed by atoms with Crippen molar-refractivity contribution in [3.8, 4) is 23.0 Å². The van der Waals surface area contributed by atoms with Crippen molar-refractivity contribution in [2.45, 2.75) is 43.5 Å². The Labute approximate surface area is 247 Å². The SMILES string of the molecule is CO[C@@H]1C[C@@H](COc2nc(N3CC4CCC(C3)N4)c3cnc(-c4cc(O)cc5ccccc45)c(F)c3n2)N(COC=O)C1. The number of anilines is 1. The van der Waals surface area contributed by atoms with Crippen LogP contribution < -0.4 is 15.0 Å². The maximum Gasteiger partial charge on any atom is 0.319 e. The molecule has 4 atom stereocenters. The van der Waals surface area contributed by atoms with Crippen LogP contribution in [0.25, 0.3) is 32.9 Å². The number of likely N-dealkylation sites (tertiary alicyclic amines) is 1. The second-order valence-corrected chi connectivity index (χ2v) is 11.5. The van der Waals surface area contributed by atoms with Gasteiger partial charge in [0.25, 0.3) is 6.47 Å². The van der Waals surface area contributed by atoms with Crippen molar-refractivity contribution in [3.63, 3.8) is 0 Å². The Hall–Kier alpha value is -4.13. The summed E-state index contributed by atoms with van der Waals surface area (Å²) < 4.78 is 33.2. The molecular formula is C31H33FN6O5. The van der Waals surface area contributed by atoms with Crippen molar-refractivity contribution in [1.82, 2.24) is 25.2 Å². The average Bonchev–Trinajstić information content (AvgIpc) is 3.59. The first kappa shape index (κ1) is 27.7. The first-order valence-electron chi connectivity index (χ1n) is 14.5. The highest BCUT2D eigenvalue weighted by molar-refractivity contribution is 5.99. The number of nitrogens with one attached hydrogen (secondary N) is 1. The molecule has 4 aromatic rings. The normalized spacial score (nSPS) is 23.7. The van der Waals surface area contributed by atoms with Gasteiger partial charge in [0.1, 0.15) is 36.1 Å². The van der Waals surface area contributed by atoms with E-state index in [4.69, 9.17) is 19.2 Å². The van der Waals surface area contributed by atoms with Gasteiger partial charge in [-0.15, -0.1) is 0 Å². The molecule has 5 heterocycles. The highest BCUT2D eigenvalue weighted by atomic mass is 19.1. The topological polar surface area (TPSA) is 122 Å². The molecule has 12 heteroatoms. The molecular weight excluding hydrogens is 555 g/mol. The maximum atomic E-state index is 16.6. The zero-order valence-corrected chi connectivity index (χ0v) is 23.8. The fourth-order valence-electron chi connectivity index (χ4n) is 6.71. The molecule has 7 rings (SSSR count). The summed E-state index contributed by atoms with van der Waals surface area (Å²) in [6.07, 6.45) is 4.42. The lowest BCUT2D eigenvalue weighted by Gasteiger charge is -2.34. The summed E-state index contributed by atoms with van der Waals surface area (Å²) in [5, 5.41) is 16.1. The van der Waals surface area contributed by atoms with Crippen LogP contribution in [-0.2, 0) is 14.3 Å². The van der Waals surface area contributed by atoms with Crippen molar-refractivity contribution in [3.05, 3.63) is 48.4 Å². The van der Waals surface area contributed by atoms with Crippen molar-refractivity contribution < 1.29 is 28.5 Å². The van der Waals surface area contributed by atoms with Crippen molar-refractivity contribution >= 4 is 34.0 Å². The minimum absolute atomic E-state index is 0.0210. The summed E-state index contributed by atoms with van der Waals surface area (Å²) in [4.78, 5) is 28.9. The lowest BCUT2D eigenvalue weighted by molar-refractivity contribution is -0.133. The van der Waals surface area contributed by atoms with Gasteiger partial charge in [-0.2, -0.15) is 9.97 Å². The molecule has 43 heavy (non-hydrogen) atoms. The maximum absolute atomic E-state index is 16.6. The van der Waals surface area contributed by atoms with Gasteiger partial charge in [-0.25, -0.2) is 4.39 Å². The number of ether oxygens (including phenoxy) is 3. The van der Waals surface area contributed by atoms with Gasteiger partial charge in [0.2, 0.25) is 0 Å².